The third-order valence-electron chi connectivity index (χ3n) is 1.01. The zero-order valence-corrected chi connectivity index (χ0v) is 11.1. The van der Waals surface area contributed by atoms with Crippen LogP contribution in [0.1, 0.15) is 5.56 Å². The topological polar surface area (TPSA) is 0 Å². The molecule has 0 amide bonds. The fourth-order valence-electron chi connectivity index (χ4n) is 0.543. The van der Waals surface area contributed by atoms with E-state index in [-0.39, 0.29) is 42.3 Å². The Balaban J connectivity index is 0. The largest absolute Gasteiger partial charge is 2.00 e. The molecule has 0 radical (unpaired) electrons. The molecule has 0 nitrogen and oxygen atoms in total. The number of benzene rings is 1. The van der Waals surface area contributed by atoms with Crippen molar-refractivity contribution in [3.63, 3.8) is 0 Å². The maximum Gasteiger partial charge on any atom is 2.00 e. The first kappa shape index (κ1) is 14.0. The standard InChI is InChI=1S/C7H5ClF.BrH.Zn/c1-5-4-6(9)2-3-7(5)8;;/h2-4H,1H2;1H;/q-1;;+2/p-1. The Morgan fingerprint density at radius 3 is 2.27 bits per heavy atom. The quantitative estimate of drug-likeness (QED) is 0.453. The Morgan fingerprint density at radius 2 is 1.91 bits per heavy atom. The first-order valence-corrected chi connectivity index (χ1v) is 2.85. The molecule has 0 aromatic heterocycles. The molecule has 0 bridgehead atoms. The van der Waals surface area contributed by atoms with Crippen LogP contribution in [0.5, 0.6) is 0 Å². The first-order chi connectivity index (χ1) is 4.20. The molecule has 1 rings (SSSR count). The summed E-state index contributed by atoms with van der Waals surface area (Å²) in [5, 5.41) is 0.497. The van der Waals surface area contributed by atoms with Crippen molar-refractivity contribution in [3.8, 4) is 0 Å². The van der Waals surface area contributed by atoms with Crippen LogP contribution in [0.3, 0.4) is 0 Å². The molecule has 0 fully saturated rings. The molecule has 11 heavy (non-hydrogen) atoms. The molecule has 0 aliphatic heterocycles. The molecule has 56 valence electrons. The summed E-state index contributed by atoms with van der Waals surface area (Å²) < 4.78 is 12.2. The molecule has 1 aromatic carbocycles. The van der Waals surface area contributed by atoms with Crippen LogP contribution >= 0.6 is 11.6 Å². The van der Waals surface area contributed by atoms with E-state index in [1.54, 1.807) is 0 Å². The summed E-state index contributed by atoms with van der Waals surface area (Å²) in [5.74, 6) is -0.301. The zero-order chi connectivity index (χ0) is 6.85. The zero-order valence-electron chi connectivity index (χ0n) is 5.78. The Bertz CT molecular complexity index is 230. The number of halogens is 3. The summed E-state index contributed by atoms with van der Waals surface area (Å²) in [6.45, 7) is 3.51. The molecule has 4 heteroatoms. The van der Waals surface area contributed by atoms with Crippen molar-refractivity contribution >= 4 is 11.6 Å². The average molecular weight is 289 g/mol. The van der Waals surface area contributed by atoms with Crippen LogP contribution in [0.2, 0.25) is 5.02 Å². The van der Waals surface area contributed by atoms with Crippen LogP contribution in [-0.2, 0) is 19.5 Å². The molecular weight excluding hydrogens is 284 g/mol. The van der Waals surface area contributed by atoms with Crippen LogP contribution in [0.25, 0.3) is 0 Å². The Kier molecular flexibility index (Phi) is 7.60. The summed E-state index contributed by atoms with van der Waals surface area (Å²) >= 11 is 5.55. The van der Waals surface area contributed by atoms with E-state index in [0.717, 1.165) is 0 Å². The van der Waals surface area contributed by atoms with E-state index in [9.17, 15) is 4.39 Å². The minimum Gasteiger partial charge on any atom is -1.00 e. The van der Waals surface area contributed by atoms with Crippen molar-refractivity contribution in [2.45, 2.75) is 0 Å². The Labute approximate surface area is 93.7 Å². The number of hydrogen-bond acceptors (Lipinski definition) is 0. The predicted molar refractivity (Wildman–Crippen MR) is 35.9 cm³/mol. The maximum atomic E-state index is 12.2. The third kappa shape index (κ3) is 4.10. The van der Waals surface area contributed by atoms with Crippen molar-refractivity contribution in [1.82, 2.24) is 0 Å². The van der Waals surface area contributed by atoms with Gasteiger partial charge in [0.1, 0.15) is 0 Å². The summed E-state index contributed by atoms with van der Waals surface area (Å²) in [6, 6.07) is 4.08. The van der Waals surface area contributed by atoms with E-state index >= 15 is 0 Å². The van der Waals surface area contributed by atoms with E-state index in [0.29, 0.717) is 10.6 Å². The molecule has 0 spiro atoms. The van der Waals surface area contributed by atoms with Crippen molar-refractivity contribution in [2.24, 2.45) is 0 Å². The molecule has 0 saturated heterocycles. The first-order valence-electron chi connectivity index (χ1n) is 2.47. The van der Waals surface area contributed by atoms with Gasteiger partial charge in [-0.05, 0) is 6.07 Å². The molecule has 0 aliphatic carbocycles. The molecule has 1 aromatic rings. The second-order valence-corrected chi connectivity index (χ2v) is 2.14. The molecule has 0 atom stereocenters. The van der Waals surface area contributed by atoms with Gasteiger partial charge >= 0.3 is 19.5 Å². The normalized spacial score (nSPS) is 7.82. The van der Waals surface area contributed by atoms with Crippen LogP contribution < -0.4 is 17.0 Å². The monoisotopic (exact) mass is 286 g/mol. The SMILES string of the molecule is [Br-].[CH2-]c1cc(F)ccc1Cl.[Zn+2]. The van der Waals surface area contributed by atoms with Gasteiger partial charge < -0.3 is 17.0 Å². The number of rotatable bonds is 0. The Hall–Kier alpha value is 0.413. The van der Waals surface area contributed by atoms with Crippen molar-refractivity contribution < 1.29 is 40.8 Å². The minimum absolute atomic E-state index is 0. The summed E-state index contributed by atoms with van der Waals surface area (Å²) in [5.41, 5.74) is 0.525. The predicted octanol–water partition coefficient (Wildman–Crippen LogP) is -0.337. The van der Waals surface area contributed by atoms with Gasteiger partial charge in [-0.2, -0.15) is 24.1 Å². The second-order valence-electron chi connectivity index (χ2n) is 1.74. The average Bonchev–Trinajstić information content (AvgIpc) is 1.80. The van der Waals surface area contributed by atoms with Crippen LogP contribution in [0, 0.1) is 12.7 Å². The molecule has 0 unspecified atom stereocenters. The van der Waals surface area contributed by atoms with E-state index < -0.39 is 0 Å². The minimum atomic E-state index is -0.301. The maximum absolute atomic E-state index is 12.2. The summed E-state index contributed by atoms with van der Waals surface area (Å²) in [6.07, 6.45) is 0. The van der Waals surface area contributed by atoms with Crippen LogP contribution in [0.15, 0.2) is 18.2 Å². The van der Waals surface area contributed by atoms with E-state index in [1.807, 2.05) is 0 Å². The van der Waals surface area contributed by atoms with Crippen molar-refractivity contribution in [3.05, 3.63) is 41.5 Å². The molecule has 0 aliphatic rings. The van der Waals surface area contributed by atoms with Gasteiger partial charge in [-0.15, -0.1) is 6.07 Å². The fraction of sp³-hybridized carbons (Fsp3) is 0. The number of hydrogen-bond donors (Lipinski definition) is 0. The van der Waals surface area contributed by atoms with Gasteiger partial charge in [-0.1, -0.05) is 11.1 Å². The summed E-state index contributed by atoms with van der Waals surface area (Å²) in [4.78, 5) is 0. The summed E-state index contributed by atoms with van der Waals surface area (Å²) in [7, 11) is 0. The van der Waals surface area contributed by atoms with Gasteiger partial charge in [0.25, 0.3) is 0 Å². The van der Waals surface area contributed by atoms with Gasteiger partial charge in [-0.3, -0.25) is 0 Å². The van der Waals surface area contributed by atoms with Crippen LogP contribution in [-0.4, -0.2) is 0 Å². The third-order valence-corrected chi connectivity index (χ3v) is 1.38. The van der Waals surface area contributed by atoms with E-state index in [4.69, 9.17) is 11.6 Å². The van der Waals surface area contributed by atoms with Crippen molar-refractivity contribution in [1.29, 1.82) is 0 Å². The van der Waals surface area contributed by atoms with E-state index in [1.165, 1.54) is 18.2 Å². The van der Waals surface area contributed by atoms with Gasteiger partial charge in [0, 0.05) is 0 Å². The second kappa shape index (κ2) is 5.99. The van der Waals surface area contributed by atoms with Gasteiger partial charge in [0.2, 0.25) is 0 Å². The molecule has 0 heterocycles. The van der Waals surface area contributed by atoms with Crippen LogP contribution in [0.4, 0.5) is 4.39 Å². The fourth-order valence-corrected chi connectivity index (χ4v) is 0.661. The smallest absolute Gasteiger partial charge is 1.00 e. The molecular formula is C7H5BrClFZn. The van der Waals surface area contributed by atoms with Crippen molar-refractivity contribution in [2.75, 3.05) is 0 Å². The van der Waals surface area contributed by atoms with Gasteiger partial charge in [0.15, 0.2) is 0 Å². The molecule has 0 N–H and O–H groups in total. The van der Waals surface area contributed by atoms with Gasteiger partial charge in [0.05, 0.1) is 5.82 Å². The Morgan fingerprint density at radius 1 is 1.36 bits per heavy atom. The van der Waals surface area contributed by atoms with E-state index in [2.05, 4.69) is 6.92 Å². The van der Waals surface area contributed by atoms with Gasteiger partial charge in [-0.25, -0.2) is 4.39 Å². The molecule has 0 saturated carbocycles.